The number of nitrogens with zero attached hydrogens (tertiary/aromatic N) is 1. The molecule has 0 saturated heterocycles. The molecule has 3 rings (SSSR count). The van der Waals surface area contributed by atoms with Gasteiger partial charge < -0.3 is 9.32 Å². The average Bonchev–Trinajstić information content (AvgIpc) is 3.01. The molecule has 1 saturated carbocycles. The largest absolute Gasteiger partial charge is 0.461 e. The van der Waals surface area contributed by atoms with E-state index in [0.29, 0.717) is 12.0 Å². The van der Waals surface area contributed by atoms with Crippen molar-refractivity contribution in [2.24, 2.45) is 0 Å². The van der Waals surface area contributed by atoms with Crippen LogP contribution in [0.1, 0.15) is 30.6 Å². The van der Waals surface area contributed by atoms with Gasteiger partial charge >= 0.3 is 0 Å². The predicted molar refractivity (Wildman–Crippen MR) is 70.5 cm³/mol. The molecule has 1 aromatic heterocycles. The number of fused-ring (bicyclic) bond motifs is 1. The average molecular weight is 243 g/mol. The number of hydrogen-bond acceptors (Lipinski definition) is 2. The Morgan fingerprint density at radius 3 is 2.94 bits per heavy atom. The summed E-state index contributed by atoms with van der Waals surface area (Å²) in [5, 5.41) is 1.19. The molecule has 3 nitrogen and oxygen atoms in total. The smallest absolute Gasteiger partial charge is 0.219 e. The fraction of sp³-hybridized carbons (Fsp3) is 0.400. The number of carbonyl (C=O) groups is 1. The van der Waals surface area contributed by atoms with E-state index in [9.17, 15) is 4.79 Å². The van der Waals surface area contributed by atoms with Gasteiger partial charge in [-0.25, -0.2) is 0 Å². The second-order valence-electron chi connectivity index (χ2n) is 5.16. The summed E-state index contributed by atoms with van der Waals surface area (Å²) in [4.78, 5) is 13.2. The van der Waals surface area contributed by atoms with Crippen LogP contribution in [0, 0.1) is 6.92 Å². The molecule has 18 heavy (non-hydrogen) atoms. The zero-order valence-corrected chi connectivity index (χ0v) is 10.9. The Hall–Kier alpha value is -1.77. The molecule has 0 N–H and O–H groups in total. The molecule has 1 amide bonds. The first-order chi connectivity index (χ1) is 8.58. The molecule has 1 aliphatic carbocycles. The second-order valence-corrected chi connectivity index (χ2v) is 5.16. The Balaban J connectivity index is 1.95. The summed E-state index contributed by atoms with van der Waals surface area (Å²) in [5.41, 5.74) is 2.25. The Morgan fingerprint density at radius 2 is 2.22 bits per heavy atom. The lowest BCUT2D eigenvalue weighted by Gasteiger charge is -2.14. The van der Waals surface area contributed by atoms with Crippen LogP contribution in [0.2, 0.25) is 0 Å². The normalized spacial score (nSPS) is 22.2. The van der Waals surface area contributed by atoms with Gasteiger partial charge in [-0.05, 0) is 31.0 Å². The molecule has 1 heterocycles. The van der Waals surface area contributed by atoms with Gasteiger partial charge in [-0.15, -0.1) is 0 Å². The van der Waals surface area contributed by atoms with Crippen molar-refractivity contribution in [2.45, 2.75) is 32.2 Å². The SMILES string of the molecule is CC(=O)N(C)C1CC1c1cccc2oc(C)cc12. The molecule has 0 aliphatic heterocycles. The molecule has 1 aliphatic rings. The molecule has 1 fully saturated rings. The van der Waals surface area contributed by atoms with E-state index in [1.165, 1.54) is 10.9 Å². The highest BCUT2D eigenvalue weighted by Gasteiger charge is 2.43. The Labute approximate surface area is 106 Å². The van der Waals surface area contributed by atoms with Crippen molar-refractivity contribution >= 4 is 16.9 Å². The van der Waals surface area contributed by atoms with Gasteiger partial charge in [-0.3, -0.25) is 4.79 Å². The van der Waals surface area contributed by atoms with Crippen molar-refractivity contribution in [2.75, 3.05) is 7.05 Å². The maximum absolute atomic E-state index is 11.4. The minimum absolute atomic E-state index is 0.137. The van der Waals surface area contributed by atoms with E-state index in [2.05, 4.69) is 12.1 Å². The van der Waals surface area contributed by atoms with Gasteiger partial charge in [0.1, 0.15) is 11.3 Å². The maximum Gasteiger partial charge on any atom is 0.219 e. The first-order valence-corrected chi connectivity index (χ1v) is 6.30. The number of carbonyl (C=O) groups excluding carboxylic acids is 1. The molecule has 2 unspecified atom stereocenters. The molecule has 2 aromatic rings. The third kappa shape index (κ3) is 1.70. The summed E-state index contributed by atoms with van der Waals surface area (Å²) in [5.74, 6) is 1.53. The monoisotopic (exact) mass is 243 g/mol. The molecule has 94 valence electrons. The summed E-state index contributed by atoms with van der Waals surface area (Å²) < 4.78 is 5.65. The summed E-state index contributed by atoms with van der Waals surface area (Å²) in [6.45, 7) is 3.59. The number of aryl methyl sites for hydroxylation is 1. The van der Waals surface area contributed by atoms with Crippen molar-refractivity contribution in [3.05, 3.63) is 35.6 Å². The van der Waals surface area contributed by atoms with Crippen molar-refractivity contribution < 1.29 is 9.21 Å². The summed E-state index contributed by atoms with van der Waals surface area (Å²) in [6, 6.07) is 8.62. The fourth-order valence-corrected chi connectivity index (χ4v) is 2.71. The highest BCUT2D eigenvalue weighted by molar-refractivity contribution is 5.83. The van der Waals surface area contributed by atoms with Crippen LogP contribution in [-0.4, -0.2) is 23.9 Å². The van der Waals surface area contributed by atoms with Gasteiger partial charge in [0.25, 0.3) is 0 Å². The Kier molecular flexibility index (Phi) is 2.44. The van der Waals surface area contributed by atoms with Crippen molar-refractivity contribution in [1.82, 2.24) is 4.90 Å². The zero-order chi connectivity index (χ0) is 12.9. The van der Waals surface area contributed by atoms with Gasteiger partial charge in [-0.2, -0.15) is 0 Å². The minimum Gasteiger partial charge on any atom is -0.461 e. The second kappa shape index (κ2) is 3.87. The van der Waals surface area contributed by atoms with Crippen LogP contribution < -0.4 is 0 Å². The van der Waals surface area contributed by atoms with Crippen LogP contribution >= 0.6 is 0 Å². The van der Waals surface area contributed by atoms with E-state index >= 15 is 0 Å². The van der Waals surface area contributed by atoms with Gasteiger partial charge in [0.15, 0.2) is 0 Å². The van der Waals surface area contributed by atoms with E-state index in [4.69, 9.17) is 4.42 Å². The standard InChI is InChI=1S/C15H17NO2/c1-9-7-13-11(5-4-6-15(13)18-9)12-8-14(12)16(3)10(2)17/h4-7,12,14H,8H2,1-3H3. The molecule has 0 bridgehead atoms. The van der Waals surface area contributed by atoms with E-state index < -0.39 is 0 Å². The topological polar surface area (TPSA) is 33.5 Å². The fourth-order valence-electron chi connectivity index (χ4n) is 2.71. The van der Waals surface area contributed by atoms with Crippen LogP contribution in [-0.2, 0) is 4.79 Å². The molecular weight excluding hydrogens is 226 g/mol. The van der Waals surface area contributed by atoms with Crippen LogP contribution in [0.15, 0.2) is 28.7 Å². The molecule has 0 spiro atoms. The summed E-state index contributed by atoms with van der Waals surface area (Å²) in [6.07, 6.45) is 1.05. The van der Waals surface area contributed by atoms with Crippen LogP contribution in [0.25, 0.3) is 11.0 Å². The maximum atomic E-state index is 11.4. The van der Waals surface area contributed by atoms with Crippen molar-refractivity contribution in [3.8, 4) is 0 Å². The first-order valence-electron chi connectivity index (χ1n) is 6.30. The van der Waals surface area contributed by atoms with E-state index in [0.717, 1.165) is 17.8 Å². The third-order valence-electron chi connectivity index (χ3n) is 3.87. The number of rotatable bonds is 2. The van der Waals surface area contributed by atoms with Crippen molar-refractivity contribution in [1.29, 1.82) is 0 Å². The van der Waals surface area contributed by atoms with E-state index in [1.807, 2.05) is 31.0 Å². The zero-order valence-electron chi connectivity index (χ0n) is 10.9. The highest BCUT2D eigenvalue weighted by Crippen LogP contribution is 2.46. The lowest BCUT2D eigenvalue weighted by atomic mass is 10.1. The van der Waals surface area contributed by atoms with Gasteiger partial charge in [0.2, 0.25) is 5.91 Å². The summed E-state index contributed by atoms with van der Waals surface area (Å²) in [7, 11) is 1.88. The Morgan fingerprint density at radius 1 is 1.44 bits per heavy atom. The minimum atomic E-state index is 0.137. The highest BCUT2D eigenvalue weighted by atomic mass is 16.3. The number of hydrogen-bond donors (Lipinski definition) is 0. The number of benzene rings is 1. The van der Waals surface area contributed by atoms with Crippen LogP contribution in [0.4, 0.5) is 0 Å². The molecule has 3 heteroatoms. The van der Waals surface area contributed by atoms with E-state index in [1.54, 1.807) is 6.92 Å². The van der Waals surface area contributed by atoms with Crippen molar-refractivity contribution in [3.63, 3.8) is 0 Å². The van der Waals surface area contributed by atoms with Gasteiger partial charge in [0.05, 0.1) is 0 Å². The van der Waals surface area contributed by atoms with E-state index in [-0.39, 0.29) is 5.91 Å². The van der Waals surface area contributed by atoms with Crippen LogP contribution in [0.3, 0.4) is 0 Å². The number of likely N-dealkylation sites (N-methyl/N-ethyl adjacent to an activating group) is 1. The molecule has 0 radical (unpaired) electrons. The third-order valence-corrected chi connectivity index (χ3v) is 3.87. The number of furan rings is 1. The Bertz CT molecular complexity index is 614. The van der Waals surface area contributed by atoms with Gasteiger partial charge in [-0.1, -0.05) is 12.1 Å². The lowest BCUT2D eigenvalue weighted by Crippen LogP contribution is -2.27. The van der Waals surface area contributed by atoms with Gasteiger partial charge in [0, 0.05) is 31.3 Å². The van der Waals surface area contributed by atoms with Crippen LogP contribution in [0.5, 0.6) is 0 Å². The number of amides is 1. The molecule has 2 atom stereocenters. The molecule has 1 aromatic carbocycles. The summed E-state index contributed by atoms with van der Waals surface area (Å²) >= 11 is 0. The first kappa shape index (κ1) is 11.3. The predicted octanol–water partition coefficient (Wildman–Crippen LogP) is 3.08. The lowest BCUT2D eigenvalue weighted by molar-refractivity contribution is -0.128. The molecular formula is C15H17NO2. The quantitative estimate of drug-likeness (QED) is 0.812.